The Morgan fingerprint density at radius 1 is 1.18 bits per heavy atom. The lowest BCUT2D eigenvalue weighted by atomic mass is 9.97. The summed E-state index contributed by atoms with van der Waals surface area (Å²) in [7, 11) is -4.34. The van der Waals surface area contributed by atoms with E-state index in [1.54, 1.807) is 12.1 Å². The van der Waals surface area contributed by atoms with E-state index in [9.17, 15) is 27.8 Å². The van der Waals surface area contributed by atoms with E-state index in [0.29, 0.717) is 36.1 Å². The predicted octanol–water partition coefficient (Wildman–Crippen LogP) is 2.56. The van der Waals surface area contributed by atoms with Gasteiger partial charge in [0.05, 0.1) is 30.1 Å². The average molecular weight is 565 g/mol. The van der Waals surface area contributed by atoms with Crippen molar-refractivity contribution in [1.82, 2.24) is 14.0 Å². The second-order valence-corrected chi connectivity index (χ2v) is 13.2. The highest BCUT2D eigenvalue weighted by atomic mass is 32.2. The van der Waals surface area contributed by atoms with E-state index in [2.05, 4.69) is 11.6 Å². The Balaban J connectivity index is 1.72. The van der Waals surface area contributed by atoms with Crippen LogP contribution in [0.4, 0.5) is 10.2 Å². The molecule has 3 atom stereocenters. The fraction of sp³-hybridized carbons (Fsp3) is 0.556. The van der Waals surface area contributed by atoms with Gasteiger partial charge in [-0.15, -0.1) is 0 Å². The Hall–Kier alpha value is -2.80. The van der Waals surface area contributed by atoms with Crippen molar-refractivity contribution >= 4 is 21.9 Å². The Bertz CT molecular complexity index is 1330. The van der Waals surface area contributed by atoms with Gasteiger partial charge in [0, 0.05) is 36.8 Å². The van der Waals surface area contributed by atoms with Gasteiger partial charge in [-0.3, -0.25) is 4.79 Å². The van der Waals surface area contributed by atoms with Crippen LogP contribution in [-0.2, 0) is 10.2 Å². The summed E-state index contributed by atoms with van der Waals surface area (Å²) in [6, 6.07) is 7.34. The van der Waals surface area contributed by atoms with Crippen LogP contribution in [0.3, 0.4) is 0 Å². The number of aliphatic hydroxyl groups is 2. The molecule has 2 fully saturated rings. The number of benzene rings is 1. The van der Waals surface area contributed by atoms with Gasteiger partial charge in [-0.1, -0.05) is 20.8 Å². The van der Waals surface area contributed by atoms with Crippen molar-refractivity contribution < 1.29 is 32.6 Å². The highest BCUT2D eigenvalue weighted by molar-refractivity contribution is 7.87. The number of β-amino-alcohol motifs (C(OH)–C–C–N with tert-alkyl or cyclic N) is 2. The minimum absolute atomic E-state index is 0.0393. The zero-order chi connectivity index (χ0) is 28.7. The van der Waals surface area contributed by atoms with E-state index in [-0.39, 0.29) is 35.9 Å². The molecule has 1 amide bonds. The summed E-state index contributed by atoms with van der Waals surface area (Å²) in [5.74, 6) is -0.196. The first-order valence-electron chi connectivity index (χ1n) is 13.1. The number of hydrogen-bond acceptors (Lipinski definition) is 8. The summed E-state index contributed by atoms with van der Waals surface area (Å²) in [5.41, 5.74) is 0.520. The maximum atomic E-state index is 14.5. The number of rotatable bonds is 8. The summed E-state index contributed by atoms with van der Waals surface area (Å²) in [6.07, 6.45) is -1.64. The van der Waals surface area contributed by atoms with Gasteiger partial charge >= 0.3 is 10.2 Å². The van der Waals surface area contributed by atoms with E-state index < -0.39 is 34.1 Å². The summed E-state index contributed by atoms with van der Waals surface area (Å²) in [4.78, 5) is 20.1. The number of anilines is 1. The number of nitrogens with zero attached hydrogens (tertiary/aromatic N) is 3. The number of ether oxygens (including phenoxy) is 1. The molecule has 214 valence electrons. The fourth-order valence-corrected chi connectivity index (χ4v) is 6.35. The van der Waals surface area contributed by atoms with Gasteiger partial charge in [-0.05, 0) is 56.4 Å². The number of halogens is 1. The van der Waals surface area contributed by atoms with Crippen LogP contribution in [0, 0.1) is 17.7 Å². The lowest BCUT2D eigenvalue weighted by Crippen LogP contribution is -2.44. The van der Waals surface area contributed by atoms with Gasteiger partial charge in [0.2, 0.25) is 0 Å². The molecule has 1 aromatic carbocycles. The minimum atomic E-state index is -4.34. The average Bonchev–Trinajstić information content (AvgIpc) is 3.33. The van der Waals surface area contributed by atoms with Gasteiger partial charge in [0.15, 0.2) is 0 Å². The number of carbonyl (C=O) groups is 1. The third kappa shape index (κ3) is 6.51. The number of amides is 1. The van der Waals surface area contributed by atoms with Crippen molar-refractivity contribution in [3.8, 4) is 17.0 Å². The first-order valence-corrected chi connectivity index (χ1v) is 14.5. The minimum Gasteiger partial charge on any atom is -0.493 e. The number of carbonyl (C=O) groups excluding carboxylic acids is 1. The largest absolute Gasteiger partial charge is 0.493 e. The number of aromatic nitrogens is 1. The zero-order valence-electron chi connectivity index (χ0n) is 22.9. The van der Waals surface area contributed by atoms with Gasteiger partial charge in [0.25, 0.3) is 5.91 Å². The smallest absolute Gasteiger partial charge is 0.304 e. The summed E-state index contributed by atoms with van der Waals surface area (Å²) in [6.45, 7) is 10.5. The van der Waals surface area contributed by atoms with Gasteiger partial charge in [-0.25, -0.2) is 14.1 Å². The number of aliphatic hydroxyl groups excluding tert-OH is 2. The van der Waals surface area contributed by atoms with E-state index >= 15 is 0 Å². The first kappa shape index (κ1) is 29.2. The molecule has 0 saturated carbocycles. The molecule has 12 heteroatoms. The van der Waals surface area contributed by atoms with E-state index in [1.807, 2.05) is 32.6 Å². The Morgan fingerprint density at radius 2 is 1.85 bits per heavy atom. The molecule has 10 nitrogen and oxygen atoms in total. The van der Waals surface area contributed by atoms with E-state index in [0.717, 1.165) is 10.7 Å². The zero-order valence-corrected chi connectivity index (χ0v) is 23.7. The van der Waals surface area contributed by atoms with Gasteiger partial charge in [0.1, 0.15) is 17.4 Å². The second-order valence-electron chi connectivity index (χ2n) is 11.6. The third-order valence-corrected chi connectivity index (χ3v) is 8.41. The quantitative estimate of drug-likeness (QED) is 0.446. The molecule has 2 aliphatic rings. The van der Waals surface area contributed by atoms with Gasteiger partial charge < -0.3 is 19.8 Å². The maximum Gasteiger partial charge on any atom is 0.304 e. The summed E-state index contributed by atoms with van der Waals surface area (Å²) in [5, 5.41) is 19.5. The van der Waals surface area contributed by atoms with Crippen LogP contribution < -0.4 is 14.4 Å². The van der Waals surface area contributed by atoms with Crippen molar-refractivity contribution in [1.29, 1.82) is 0 Å². The molecule has 0 spiro atoms. The molecule has 2 aliphatic heterocycles. The number of pyridine rings is 1. The van der Waals surface area contributed by atoms with Gasteiger partial charge in [-0.2, -0.15) is 12.7 Å². The molecule has 39 heavy (non-hydrogen) atoms. The van der Waals surface area contributed by atoms with Crippen LogP contribution in [0.25, 0.3) is 11.3 Å². The lowest BCUT2D eigenvalue weighted by molar-refractivity contribution is 0.0572. The lowest BCUT2D eigenvalue weighted by Gasteiger charge is -2.34. The Kier molecular flexibility index (Phi) is 8.23. The fourth-order valence-electron chi connectivity index (χ4n) is 5.18. The Labute approximate surface area is 229 Å². The molecular weight excluding hydrogens is 527 g/mol. The predicted molar refractivity (Wildman–Crippen MR) is 145 cm³/mol. The molecule has 0 radical (unpaired) electrons. The second kappa shape index (κ2) is 11.0. The van der Waals surface area contributed by atoms with Crippen molar-refractivity contribution in [3.05, 3.63) is 41.7 Å². The van der Waals surface area contributed by atoms with Crippen molar-refractivity contribution in [2.45, 2.75) is 58.8 Å². The SMILES string of the molecule is CC(C)COc1cc(F)cc(-c2ccc(C(=O)NS(=O)(=O)N3C[C@@H](O)[C@H](O)C3)c(N3C[C@@H](C)CC3(C)C)n2)c1. The number of nitrogens with one attached hydrogen (secondary N) is 1. The normalized spacial score (nSPS) is 23.4. The molecule has 0 unspecified atom stereocenters. The molecule has 3 heterocycles. The highest BCUT2D eigenvalue weighted by Crippen LogP contribution is 2.38. The third-order valence-electron chi connectivity index (χ3n) is 6.99. The monoisotopic (exact) mass is 564 g/mol. The van der Waals surface area contributed by atoms with E-state index in [1.165, 1.54) is 18.2 Å². The molecular formula is C27H37FN4O6S. The highest BCUT2D eigenvalue weighted by Gasteiger charge is 2.41. The molecule has 2 saturated heterocycles. The van der Waals surface area contributed by atoms with Crippen LogP contribution in [0.5, 0.6) is 5.75 Å². The van der Waals surface area contributed by atoms with Crippen LogP contribution in [0.1, 0.15) is 51.4 Å². The topological polar surface area (TPSA) is 132 Å². The van der Waals surface area contributed by atoms with Crippen molar-refractivity contribution in [2.75, 3.05) is 31.1 Å². The number of hydrogen-bond donors (Lipinski definition) is 3. The molecule has 0 aliphatic carbocycles. The molecule has 4 rings (SSSR count). The summed E-state index contributed by atoms with van der Waals surface area (Å²) >= 11 is 0. The first-order chi connectivity index (χ1) is 18.2. The van der Waals surface area contributed by atoms with E-state index in [4.69, 9.17) is 9.72 Å². The van der Waals surface area contributed by atoms with Crippen molar-refractivity contribution in [2.24, 2.45) is 11.8 Å². The van der Waals surface area contributed by atoms with Crippen molar-refractivity contribution in [3.63, 3.8) is 0 Å². The Morgan fingerprint density at radius 3 is 2.44 bits per heavy atom. The van der Waals surface area contributed by atoms with Crippen LogP contribution >= 0.6 is 0 Å². The standard InChI is InChI=1S/C27H37FN4O6S/c1-16(2)15-38-20-9-18(8-19(28)10-20)22-7-6-21(25(29-22)32-12-17(3)11-27(32,4)5)26(35)30-39(36,37)31-13-23(33)24(34)14-31/h6-10,16-17,23-24,33-34H,11-15H2,1-5H3,(H,30,35)/t17-,23+,24+/m0/s1. The molecule has 0 bridgehead atoms. The molecule has 2 aromatic rings. The molecule has 1 aromatic heterocycles. The van der Waals surface area contributed by atoms with Crippen LogP contribution in [0.2, 0.25) is 0 Å². The van der Waals surface area contributed by atoms with Crippen LogP contribution in [0.15, 0.2) is 30.3 Å². The summed E-state index contributed by atoms with van der Waals surface area (Å²) < 4.78 is 48.9. The van der Waals surface area contributed by atoms with Crippen LogP contribution in [-0.4, -0.2) is 77.8 Å². The molecule has 3 N–H and O–H groups in total. The maximum absolute atomic E-state index is 14.5.